The third-order valence-electron chi connectivity index (χ3n) is 7.50. The highest BCUT2D eigenvalue weighted by molar-refractivity contribution is 6.04. The molecule has 3 N–H and O–H groups in total. The molecule has 0 aliphatic carbocycles. The van der Waals surface area contributed by atoms with Crippen molar-refractivity contribution in [3.8, 4) is 0 Å². The fraction of sp³-hybridized carbons (Fsp3) is 0.367. The molecule has 1 saturated heterocycles. The third kappa shape index (κ3) is 5.98. The lowest BCUT2D eigenvalue weighted by molar-refractivity contribution is -0.137. The van der Waals surface area contributed by atoms with Gasteiger partial charge < -0.3 is 25.0 Å². The van der Waals surface area contributed by atoms with Gasteiger partial charge in [-0.25, -0.2) is 0 Å². The molecule has 222 valence electrons. The summed E-state index contributed by atoms with van der Waals surface area (Å²) >= 11 is 0. The Morgan fingerprint density at radius 1 is 1.14 bits per heavy atom. The van der Waals surface area contributed by atoms with E-state index >= 15 is 0 Å². The average molecular weight is 584 g/mol. The number of aliphatic hydroxyl groups is 1. The number of amides is 1. The van der Waals surface area contributed by atoms with Crippen LogP contribution in [0, 0.1) is 0 Å². The largest absolute Gasteiger partial charge is 0.481 e. The Morgan fingerprint density at radius 2 is 1.90 bits per heavy atom. The van der Waals surface area contributed by atoms with Gasteiger partial charge in [0.05, 0.1) is 35.5 Å². The minimum absolute atomic E-state index is 0.0817. The Labute approximate surface area is 240 Å². The van der Waals surface area contributed by atoms with E-state index in [4.69, 9.17) is 0 Å². The molecule has 2 aromatic carbocycles. The van der Waals surface area contributed by atoms with Crippen LogP contribution in [0.1, 0.15) is 53.6 Å². The van der Waals surface area contributed by atoms with Crippen LogP contribution in [0.3, 0.4) is 0 Å². The van der Waals surface area contributed by atoms with E-state index in [-0.39, 0.29) is 36.1 Å². The molecule has 0 radical (unpaired) electrons. The van der Waals surface area contributed by atoms with Crippen LogP contribution >= 0.6 is 0 Å². The van der Waals surface area contributed by atoms with Crippen molar-refractivity contribution in [1.82, 2.24) is 14.3 Å². The van der Waals surface area contributed by atoms with Crippen LogP contribution < -0.4 is 10.2 Å². The molecule has 1 aliphatic rings. The lowest BCUT2D eigenvalue weighted by atomic mass is 10.0. The summed E-state index contributed by atoms with van der Waals surface area (Å²) in [5.41, 5.74) is 0.569. The van der Waals surface area contributed by atoms with E-state index < -0.39 is 41.8 Å². The average Bonchev–Trinajstić information content (AvgIpc) is 3.64. The van der Waals surface area contributed by atoms with Crippen LogP contribution in [0.5, 0.6) is 0 Å². The van der Waals surface area contributed by atoms with Crippen molar-refractivity contribution < 1.29 is 33.0 Å². The molecule has 2 aromatic heterocycles. The SMILES string of the molecule is CC(C)n1c(CCn2ncc3ccccc32)ccc1C(=O)Nc1cc(CC(=O)O)c(N2CC[C@@H](O)C2)cc1C(F)(F)F. The molecule has 42 heavy (non-hydrogen) atoms. The number of hydrogen-bond donors (Lipinski definition) is 3. The first kappa shape index (κ1) is 29.2. The number of halogens is 3. The van der Waals surface area contributed by atoms with Gasteiger partial charge in [-0.2, -0.15) is 18.3 Å². The minimum Gasteiger partial charge on any atom is -0.481 e. The molecule has 1 aliphatic heterocycles. The van der Waals surface area contributed by atoms with Crippen molar-refractivity contribution in [3.63, 3.8) is 0 Å². The summed E-state index contributed by atoms with van der Waals surface area (Å²) < 4.78 is 46.4. The third-order valence-corrected chi connectivity index (χ3v) is 7.50. The van der Waals surface area contributed by atoms with Gasteiger partial charge in [0.25, 0.3) is 5.91 Å². The maximum Gasteiger partial charge on any atom is 0.418 e. The number of benzene rings is 2. The number of carbonyl (C=O) groups is 2. The van der Waals surface area contributed by atoms with Crippen LogP contribution in [-0.2, 0) is 30.4 Å². The lowest BCUT2D eigenvalue weighted by Gasteiger charge is -2.25. The number of alkyl halides is 3. The number of anilines is 2. The standard InChI is InChI=1S/C30H32F3N5O4/c1-18(2)38-21(9-12-37-25-6-4-3-5-19(25)16-34-37)7-8-26(38)29(42)35-24-13-20(14-28(40)41)27(15-23(24)30(31,32)33)36-11-10-22(39)17-36/h3-8,13,15-16,18,22,39H,9-12,14,17H2,1-2H3,(H,35,42)(H,40,41)/t22-/m1/s1. The molecule has 3 heterocycles. The van der Waals surface area contributed by atoms with E-state index in [1.807, 2.05) is 42.8 Å². The molecule has 12 heteroatoms. The maximum atomic E-state index is 14.2. The second-order valence-corrected chi connectivity index (χ2v) is 10.8. The number of nitrogens with one attached hydrogen (secondary N) is 1. The molecule has 5 rings (SSSR count). The maximum absolute atomic E-state index is 14.2. The number of fused-ring (bicyclic) bond motifs is 1. The van der Waals surface area contributed by atoms with Gasteiger partial charge >= 0.3 is 12.1 Å². The number of para-hydroxylation sites is 1. The molecule has 1 fully saturated rings. The van der Waals surface area contributed by atoms with Crippen molar-refractivity contribution in [1.29, 1.82) is 0 Å². The highest BCUT2D eigenvalue weighted by Gasteiger charge is 2.37. The molecule has 0 spiro atoms. The minimum atomic E-state index is -4.82. The molecule has 1 atom stereocenters. The number of carbonyl (C=O) groups excluding carboxylic acids is 1. The zero-order chi connectivity index (χ0) is 30.2. The number of nitrogens with zero attached hydrogens (tertiary/aromatic N) is 4. The molecule has 9 nitrogen and oxygen atoms in total. The topological polar surface area (TPSA) is 113 Å². The molecular formula is C30H32F3N5O4. The lowest BCUT2D eigenvalue weighted by Crippen LogP contribution is -2.25. The molecule has 4 aromatic rings. The number of aliphatic hydroxyl groups excluding tert-OH is 1. The molecule has 0 unspecified atom stereocenters. The Bertz CT molecular complexity index is 1620. The normalized spacial score (nSPS) is 15.6. The smallest absolute Gasteiger partial charge is 0.418 e. The van der Waals surface area contributed by atoms with Gasteiger partial charge in [-0.1, -0.05) is 18.2 Å². The van der Waals surface area contributed by atoms with Crippen molar-refractivity contribution in [3.05, 3.63) is 77.2 Å². The summed E-state index contributed by atoms with van der Waals surface area (Å²) in [6.45, 7) is 4.68. The number of carboxylic acid groups (broad SMARTS) is 1. The molecule has 0 saturated carbocycles. The monoisotopic (exact) mass is 583 g/mol. The van der Waals surface area contributed by atoms with Gasteiger partial charge in [0.1, 0.15) is 5.69 Å². The number of carboxylic acids is 1. The first-order chi connectivity index (χ1) is 19.9. The van der Waals surface area contributed by atoms with Crippen LogP contribution in [-0.4, -0.2) is 55.6 Å². The van der Waals surface area contributed by atoms with Gasteiger partial charge in [-0.15, -0.1) is 0 Å². The number of β-amino-alcohol motifs (C(OH)–C–C–N with tert-alkyl or cyclic N) is 1. The Balaban J connectivity index is 1.46. The van der Waals surface area contributed by atoms with E-state index in [0.29, 0.717) is 19.4 Å². The van der Waals surface area contributed by atoms with Gasteiger partial charge in [0, 0.05) is 48.9 Å². The zero-order valence-electron chi connectivity index (χ0n) is 23.2. The predicted molar refractivity (Wildman–Crippen MR) is 152 cm³/mol. The highest BCUT2D eigenvalue weighted by atomic mass is 19.4. The zero-order valence-corrected chi connectivity index (χ0v) is 23.2. The van der Waals surface area contributed by atoms with E-state index in [1.54, 1.807) is 27.8 Å². The number of aromatic nitrogens is 3. The molecular weight excluding hydrogens is 551 g/mol. The number of aryl methyl sites for hydroxylation is 2. The fourth-order valence-corrected chi connectivity index (χ4v) is 5.63. The summed E-state index contributed by atoms with van der Waals surface area (Å²) in [5.74, 6) is -1.97. The highest BCUT2D eigenvalue weighted by Crippen LogP contribution is 2.40. The van der Waals surface area contributed by atoms with Crippen LogP contribution in [0.25, 0.3) is 10.9 Å². The van der Waals surface area contributed by atoms with Crippen LogP contribution in [0.2, 0.25) is 0 Å². The van der Waals surface area contributed by atoms with Gasteiger partial charge in [-0.05, 0) is 56.2 Å². The summed E-state index contributed by atoms with van der Waals surface area (Å²) in [6, 6.07) is 12.9. The van der Waals surface area contributed by atoms with E-state index in [2.05, 4.69) is 10.4 Å². The van der Waals surface area contributed by atoms with E-state index in [1.165, 1.54) is 0 Å². The predicted octanol–water partition coefficient (Wildman–Crippen LogP) is 5.13. The Hall–Kier alpha value is -4.32. The van der Waals surface area contributed by atoms with Gasteiger partial charge in [0.15, 0.2) is 0 Å². The number of aliphatic carboxylic acids is 1. The fourth-order valence-electron chi connectivity index (χ4n) is 5.63. The molecule has 1 amide bonds. The second-order valence-electron chi connectivity index (χ2n) is 10.8. The quantitative estimate of drug-likeness (QED) is 0.252. The molecule has 0 bridgehead atoms. The summed E-state index contributed by atoms with van der Waals surface area (Å²) in [7, 11) is 0. The van der Waals surface area contributed by atoms with Crippen LogP contribution in [0.4, 0.5) is 24.5 Å². The second kappa shape index (κ2) is 11.5. The van der Waals surface area contributed by atoms with E-state index in [0.717, 1.165) is 28.7 Å². The van der Waals surface area contributed by atoms with Crippen molar-refractivity contribution in [2.75, 3.05) is 23.3 Å². The van der Waals surface area contributed by atoms with Gasteiger partial charge in [0.2, 0.25) is 0 Å². The first-order valence-electron chi connectivity index (χ1n) is 13.7. The number of rotatable bonds is 9. The Kier molecular flexibility index (Phi) is 8.00. The van der Waals surface area contributed by atoms with Gasteiger partial charge in [-0.3, -0.25) is 14.3 Å². The summed E-state index contributed by atoms with van der Waals surface area (Å²) in [6.07, 6.45) is -3.42. The van der Waals surface area contributed by atoms with Crippen molar-refractivity contribution >= 4 is 34.2 Å². The summed E-state index contributed by atoms with van der Waals surface area (Å²) in [4.78, 5) is 26.6. The number of hydrogen-bond acceptors (Lipinski definition) is 5. The summed E-state index contributed by atoms with van der Waals surface area (Å²) in [5, 5.41) is 27.3. The Morgan fingerprint density at radius 3 is 2.57 bits per heavy atom. The van der Waals surface area contributed by atoms with Crippen LogP contribution in [0.15, 0.2) is 54.7 Å². The van der Waals surface area contributed by atoms with Crippen molar-refractivity contribution in [2.45, 2.75) is 58.0 Å². The first-order valence-corrected chi connectivity index (χ1v) is 13.7. The van der Waals surface area contributed by atoms with E-state index in [9.17, 15) is 33.0 Å². The van der Waals surface area contributed by atoms with Crippen molar-refractivity contribution in [2.24, 2.45) is 0 Å².